The maximum atomic E-state index is 8.72. The lowest BCUT2D eigenvalue weighted by Gasteiger charge is -2.09. The van der Waals surface area contributed by atoms with E-state index in [1.165, 1.54) is 18.4 Å². The highest BCUT2D eigenvalue weighted by molar-refractivity contribution is 5.34. The van der Waals surface area contributed by atoms with Crippen LogP contribution in [0, 0.1) is 11.3 Å². The fraction of sp³-hybridized carbons (Fsp3) is 0.417. The average Bonchev–Trinajstić information content (AvgIpc) is 2.18. The first-order valence-electron chi connectivity index (χ1n) is 4.78. The van der Waals surface area contributed by atoms with Crippen LogP contribution in [-0.4, -0.2) is 0 Å². The van der Waals surface area contributed by atoms with Gasteiger partial charge in [-0.2, -0.15) is 5.26 Å². The molecule has 0 aliphatic heterocycles. The van der Waals surface area contributed by atoms with Gasteiger partial charge in [0.25, 0.3) is 0 Å². The first-order valence-corrected chi connectivity index (χ1v) is 4.78. The van der Waals surface area contributed by atoms with Crippen molar-refractivity contribution >= 4 is 0 Å². The van der Waals surface area contributed by atoms with Gasteiger partial charge in [0.05, 0.1) is 11.6 Å². The molecule has 0 aromatic heterocycles. The van der Waals surface area contributed by atoms with Crippen molar-refractivity contribution in [2.45, 2.75) is 32.6 Å². The molecule has 0 spiro atoms. The summed E-state index contributed by atoms with van der Waals surface area (Å²) < 4.78 is 0. The fourth-order valence-corrected chi connectivity index (χ4v) is 1.51. The molecule has 1 atom stereocenters. The lowest BCUT2D eigenvalue weighted by molar-refractivity contribution is 0.665. The van der Waals surface area contributed by atoms with Gasteiger partial charge in [-0.3, -0.25) is 0 Å². The topological polar surface area (TPSA) is 23.8 Å². The molecule has 0 saturated carbocycles. The lowest BCUT2D eigenvalue weighted by Crippen LogP contribution is -1.92. The van der Waals surface area contributed by atoms with Crippen molar-refractivity contribution in [3.8, 4) is 6.07 Å². The van der Waals surface area contributed by atoms with Crippen LogP contribution in [0.15, 0.2) is 24.3 Å². The molecule has 1 heteroatoms. The quantitative estimate of drug-likeness (QED) is 0.686. The second kappa shape index (κ2) is 4.67. The minimum absolute atomic E-state index is 0.568. The molecular formula is C12H15N. The van der Waals surface area contributed by atoms with Crippen molar-refractivity contribution in [3.63, 3.8) is 0 Å². The van der Waals surface area contributed by atoms with Crippen LogP contribution in [0.2, 0.25) is 0 Å². The maximum absolute atomic E-state index is 8.72. The molecule has 0 radical (unpaired) electrons. The molecule has 0 saturated heterocycles. The van der Waals surface area contributed by atoms with Crippen LogP contribution >= 0.6 is 0 Å². The van der Waals surface area contributed by atoms with Gasteiger partial charge < -0.3 is 0 Å². The average molecular weight is 173 g/mol. The normalized spacial score (nSPS) is 12.1. The smallest absolute Gasteiger partial charge is 0.0991 e. The molecule has 0 heterocycles. The molecule has 1 rings (SSSR count). The number of benzene rings is 1. The van der Waals surface area contributed by atoms with Gasteiger partial charge in [-0.25, -0.2) is 0 Å². The predicted molar refractivity (Wildman–Crippen MR) is 54.5 cm³/mol. The van der Waals surface area contributed by atoms with E-state index in [0.717, 1.165) is 5.56 Å². The van der Waals surface area contributed by atoms with Gasteiger partial charge in [0.2, 0.25) is 0 Å². The Hall–Kier alpha value is -1.29. The van der Waals surface area contributed by atoms with Crippen molar-refractivity contribution in [1.82, 2.24) is 0 Å². The Morgan fingerprint density at radius 1 is 1.46 bits per heavy atom. The predicted octanol–water partition coefficient (Wildman–Crippen LogP) is 3.46. The molecule has 0 amide bonds. The van der Waals surface area contributed by atoms with E-state index >= 15 is 0 Å². The van der Waals surface area contributed by atoms with Crippen molar-refractivity contribution in [3.05, 3.63) is 35.4 Å². The summed E-state index contributed by atoms with van der Waals surface area (Å²) in [6.07, 6.45) is 2.38. The Morgan fingerprint density at radius 3 is 2.85 bits per heavy atom. The highest BCUT2D eigenvalue weighted by Gasteiger charge is 2.03. The molecule has 0 bridgehead atoms. The van der Waals surface area contributed by atoms with Gasteiger partial charge in [0.1, 0.15) is 0 Å². The van der Waals surface area contributed by atoms with E-state index in [-0.39, 0.29) is 0 Å². The van der Waals surface area contributed by atoms with Crippen molar-refractivity contribution < 1.29 is 0 Å². The third-order valence-electron chi connectivity index (χ3n) is 2.31. The van der Waals surface area contributed by atoms with Crippen LogP contribution in [0.3, 0.4) is 0 Å². The first kappa shape index (κ1) is 9.80. The van der Waals surface area contributed by atoms with Crippen molar-refractivity contribution in [1.29, 1.82) is 5.26 Å². The zero-order valence-corrected chi connectivity index (χ0v) is 8.25. The van der Waals surface area contributed by atoms with Crippen LogP contribution in [0.25, 0.3) is 0 Å². The monoisotopic (exact) mass is 173 g/mol. The zero-order chi connectivity index (χ0) is 9.68. The third-order valence-corrected chi connectivity index (χ3v) is 2.31. The van der Waals surface area contributed by atoms with Gasteiger partial charge in [-0.05, 0) is 30.0 Å². The van der Waals surface area contributed by atoms with Crippen molar-refractivity contribution in [2.24, 2.45) is 0 Å². The molecular weight excluding hydrogens is 158 g/mol. The Kier molecular flexibility index (Phi) is 3.52. The van der Waals surface area contributed by atoms with Crippen LogP contribution in [0.5, 0.6) is 0 Å². The lowest BCUT2D eigenvalue weighted by atomic mass is 9.95. The number of nitriles is 1. The maximum Gasteiger partial charge on any atom is 0.0991 e. The molecule has 0 N–H and O–H groups in total. The van der Waals surface area contributed by atoms with Gasteiger partial charge in [-0.1, -0.05) is 32.4 Å². The van der Waals surface area contributed by atoms with Gasteiger partial charge in [-0.15, -0.1) is 0 Å². The summed E-state index contributed by atoms with van der Waals surface area (Å²) in [6, 6.07) is 10.1. The summed E-state index contributed by atoms with van der Waals surface area (Å²) in [7, 11) is 0. The van der Waals surface area contributed by atoms with E-state index in [9.17, 15) is 0 Å². The molecule has 13 heavy (non-hydrogen) atoms. The largest absolute Gasteiger partial charge is 0.192 e. The van der Waals surface area contributed by atoms with Crippen LogP contribution in [0.1, 0.15) is 43.7 Å². The van der Waals surface area contributed by atoms with Crippen LogP contribution in [0.4, 0.5) is 0 Å². The zero-order valence-electron chi connectivity index (χ0n) is 8.25. The highest BCUT2D eigenvalue weighted by Crippen LogP contribution is 2.20. The van der Waals surface area contributed by atoms with Crippen LogP contribution < -0.4 is 0 Å². The highest BCUT2D eigenvalue weighted by atomic mass is 14.2. The molecule has 0 aliphatic carbocycles. The number of rotatable bonds is 3. The SMILES string of the molecule is CCCC(C)c1cccc(C#N)c1. The number of nitrogens with zero attached hydrogens (tertiary/aromatic N) is 1. The molecule has 1 aromatic carbocycles. The van der Waals surface area contributed by atoms with Gasteiger partial charge in [0, 0.05) is 0 Å². The molecule has 68 valence electrons. The summed E-state index contributed by atoms with van der Waals surface area (Å²) in [5.74, 6) is 0.568. The number of hydrogen-bond acceptors (Lipinski definition) is 1. The van der Waals surface area contributed by atoms with Gasteiger partial charge >= 0.3 is 0 Å². The van der Waals surface area contributed by atoms with E-state index < -0.39 is 0 Å². The summed E-state index contributed by atoms with van der Waals surface area (Å²) in [4.78, 5) is 0. The van der Waals surface area contributed by atoms with Crippen LogP contribution in [-0.2, 0) is 0 Å². The molecule has 0 fully saturated rings. The summed E-state index contributed by atoms with van der Waals surface area (Å²) in [6.45, 7) is 4.39. The van der Waals surface area contributed by atoms with E-state index in [2.05, 4.69) is 26.0 Å². The molecule has 1 unspecified atom stereocenters. The molecule has 0 aliphatic rings. The minimum Gasteiger partial charge on any atom is -0.192 e. The standard InChI is InChI=1S/C12H15N/c1-3-5-10(2)12-7-4-6-11(8-12)9-13/h4,6-8,10H,3,5H2,1-2H3. The summed E-state index contributed by atoms with van der Waals surface area (Å²) in [5.41, 5.74) is 2.04. The second-order valence-electron chi connectivity index (χ2n) is 3.43. The molecule has 1 aromatic rings. The first-order chi connectivity index (χ1) is 6.27. The third kappa shape index (κ3) is 2.59. The van der Waals surface area contributed by atoms with Crippen molar-refractivity contribution in [2.75, 3.05) is 0 Å². The molecule has 1 nitrogen and oxygen atoms in total. The number of hydrogen-bond donors (Lipinski definition) is 0. The van der Waals surface area contributed by atoms with E-state index in [1.807, 2.05) is 18.2 Å². The Morgan fingerprint density at radius 2 is 2.23 bits per heavy atom. The van der Waals surface area contributed by atoms with E-state index in [0.29, 0.717) is 5.92 Å². The van der Waals surface area contributed by atoms with E-state index in [4.69, 9.17) is 5.26 Å². The van der Waals surface area contributed by atoms with E-state index in [1.54, 1.807) is 0 Å². The Labute approximate surface area is 80.0 Å². The summed E-state index contributed by atoms with van der Waals surface area (Å²) in [5, 5.41) is 8.72. The Bertz CT molecular complexity index is 309. The van der Waals surface area contributed by atoms with Gasteiger partial charge in [0.15, 0.2) is 0 Å². The minimum atomic E-state index is 0.568. The fourth-order valence-electron chi connectivity index (χ4n) is 1.51. The second-order valence-corrected chi connectivity index (χ2v) is 3.43. The summed E-state index contributed by atoms with van der Waals surface area (Å²) >= 11 is 0. The Balaban J connectivity index is 2.83.